The first-order valence-electron chi connectivity index (χ1n) is 6.67. The van der Waals surface area contributed by atoms with Crippen molar-refractivity contribution in [2.75, 3.05) is 20.3 Å². The summed E-state index contributed by atoms with van der Waals surface area (Å²) in [6, 6.07) is 11.8. The van der Waals surface area contributed by atoms with Crippen LogP contribution in [0.15, 0.2) is 42.6 Å². The van der Waals surface area contributed by atoms with E-state index in [0.29, 0.717) is 12.5 Å². The van der Waals surface area contributed by atoms with Crippen LogP contribution >= 0.6 is 0 Å². The second-order valence-electron chi connectivity index (χ2n) is 4.59. The molecule has 0 amide bonds. The van der Waals surface area contributed by atoms with Crippen LogP contribution in [0.1, 0.15) is 11.1 Å². The summed E-state index contributed by atoms with van der Waals surface area (Å²) in [6.07, 6.45) is 1.82. The predicted octanol–water partition coefficient (Wildman–Crippen LogP) is 2.92. The van der Waals surface area contributed by atoms with E-state index < -0.39 is 0 Å². The van der Waals surface area contributed by atoms with Crippen molar-refractivity contribution < 1.29 is 9.47 Å². The van der Waals surface area contributed by atoms with E-state index in [0.717, 1.165) is 24.4 Å². The molecule has 0 radical (unpaired) electrons. The maximum Gasteiger partial charge on any atom is 0.219 e. The lowest BCUT2D eigenvalue weighted by atomic mass is 10.2. The van der Waals surface area contributed by atoms with Crippen molar-refractivity contribution in [3.63, 3.8) is 0 Å². The van der Waals surface area contributed by atoms with E-state index in [1.54, 1.807) is 7.11 Å². The maximum atomic E-state index is 5.68. The van der Waals surface area contributed by atoms with Gasteiger partial charge in [0.2, 0.25) is 5.88 Å². The number of nitrogens with one attached hydrogen (secondary N) is 1. The number of benzene rings is 1. The molecule has 2 aromatic rings. The number of aryl methyl sites for hydroxylation is 1. The molecule has 0 fully saturated rings. The maximum absolute atomic E-state index is 5.68. The molecule has 4 heteroatoms. The highest BCUT2D eigenvalue weighted by Crippen LogP contribution is 2.19. The first-order chi connectivity index (χ1) is 9.78. The largest absolute Gasteiger partial charge is 0.439 e. The van der Waals surface area contributed by atoms with Crippen LogP contribution in [0, 0.1) is 6.92 Å². The van der Waals surface area contributed by atoms with Crippen molar-refractivity contribution in [3.8, 4) is 11.6 Å². The van der Waals surface area contributed by atoms with E-state index >= 15 is 0 Å². The van der Waals surface area contributed by atoms with Crippen molar-refractivity contribution >= 4 is 0 Å². The van der Waals surface area contributed by atoms with E-state index in [9.17, 15) is 0 Å². The Kier molecular flexibility index (Phi) is 5.53. The summed E-state index contributed by atoms with van der Waals surface area (Å²) in [7, 11) is 1.69. The minimum absolute atomic E-state index is 0.606. The Morgan fingerprint density at radius 2 is 1.90 bits per heavy atom. The number of hydrogen-bond donors (Lipinski definition) is 1. The summed E-state index contributed by atoms with van der Waals surface area (Å²) in [4.78, 5) is 4.30. The van der Waals surface area contributed by atoms with Gasteiger partial charge in [0.1, 0.15) is 5.75 Å². The van der Waals surface area contributed by atoms with Gasteiger partial charge in [0.15, 0.2) is 0 Å². The Bertz CT molecular complexity index is 509. The molecule has 1 aromatic carbocycles. The molecule has 0 saturated heterocycles. The van der Waals surface area contributed by atoms with Crippen LogP contribution in [0.5, 0.6) is 11.6 Å². The van der Waals surface area contributed by atoms with Crippen LogP contribution in [-0.4, -0.2) is 25.2 Å². The molecule has 20 heavy (non-hydrogen) atoms. The first kappa shape index (κ1) is 14.5. The van der Waals surface area contributed by atoms with E-state index in [1.807, 2.05) is 49.5 Å². The molecule has 0 aliphatic rings. The number of pyridine rings is 1. The minimum atomic E-state index is 0.606. The third kappa shape index (κ3) is 4.64. The Morgan fingerprint density at radius 1 is 1.10 bits per heavy atom. The van der Waals surface area contributed by atoms with Gasteiger partial charge in [0.25, 0.3) is 0 Å². The second-order valence-corrected chi connectivity index (χ2v) is 4.59. The zero-order chi connectivity index (χ0) is 14.2. The van der Waals surface area contributed by atoms with Crippen molar-refractivity contribution in [1.82, 2.24) is 10.3 Å². The highest BCUT2D eigenvalue weighted by molar-refractivity contribution is 5.30. The monoisotopic (exact) mass is 272 g/mol. The van der Waals surface area contributed by atoms with Gasteiger partial charge in [-0.05, 0) is 24.6 Å². The molecule has 0 aliphatic carbocycles. The van der Waals surface area contributed by atoms with E-state index in [4.69, 9.17) is 9.47 Å². The molecule has 106 valence electrons. The van der Waals surface area contributed by atoms with Gasteiger partial charge >= 0.3 is 0 Å². The third-order valence-corrected chi connectivity index (χ3v) is 2.85. The van der Waals surface area contributed by atoms with Crippen molar-refractivity contribution in [1.29, 1.82) is 0 Å². The van der Waals surface area contributed by atoms with Gasteiger partial charge in [-0.3, -0.25) is 0 Å². The lowest BCUT2D eigenvalue weighted by molar-refractivity contribution is 0.199. The van der Waals surface area contributed by atoms with E-state index in [-0.39, 0.29) is 0 Å². The molecule has 1 N–H and O–H groups in total. The lowest BCUT2D eigenvalue weighted by Crippen LogP contribution is -2.18. The highest BCUT2D eigenvalue weighted by Gasteiger charge is 1.99. The molecule has 0 atom stereocenters. The van der Waals surface area contributed by atoms with Gasteiger partial charge in [-0.15, -0.1) is 0 Å². The highest BCUT2D eigenvalue weighted by atomic mass is 16.5. The standard InChI is InChI=1S/C16H20N2O2/c1-13-3-6-15(7-4-13)20-16-8-5-14(12-18-16)11-17-9-10-19-2/h3-8,12,17H,9-11H2,1-2H3. The van der Waals surface area contributed by atoms with Crippen LogP contribution in [-0.2, 0) is 11.3 Å². The van der Waals surface area contributed by atoms with Crippen molar-refractivity contribution in [2.45, 2.75) is 13.5 Å². The molecule has 2 rings (SSSR count). The second kappa shape index (κ2) is 7.62. The molecule has 0 saturated carbocycles. The van der Waals surface area contributed by atoms with Gasteiger partial charge in [-0.2, -0.15) is 0 Å². The Morgan fingerprint density at radius 3 is 2.55 bits per heavy atom. The molecule has 1 aromatic heterocycles. The average molecular weight is 272 g/mol. The van der Waals surface area contributed by atoms with Gasteiger partial charge in [-0.25, -0.2) is 4.98 Å². The number of hydrogen-bond acceptors (Lipinski definition) is 4. The Labute approximate surface area is 119 Å². The summed E-state index contributed by atoms with van der Waals surface area (Å²) in [6.45, 7) is 4.37. The van der Waals surface area contributed by atoms with Gasteiger partial charge in [-0.1, -0.05) is 23.8 Å². The Hall–Kier alpha value is -1.91. The van der Waals surface area contributed by atoms with Gasteiger partial charge in [0, 0.05) is 32.5 Å². The van der Waals surface area contributed by atoms with E-state index in [2.05, 4.69) is 10.3 Å². The fourth-order valence-corrected chi connectivity index (χ4v) is 1.71. The topological polar surface area (TPSA) is 43.4 Å². The molecule has 0 bridgehead atoms. The molecular formula is C16H20N2O2. The fourth-order valence-electron chi connectivity index (χ4n) is 1.71. The number of ether oxygens (including phenoxy) is 2. The normalized spacial score (nSPS) is 10.5. The summed E-state index contributed by atoms with van der Waals surface area (Å²) >= 11 is 0. The smallest absolute Gasteiger partial charge is 0.219 e. The molecule has 0 unspecified atom stereocenters. The number of aromatic nitrogens is 1. The van der Waals surface area contributed by atoms with Crippen LogP contribution in [0.2, 0.25) is 0 Å². The molecule has 1 heterocycles. The third-order valence-electron chi connectivity index (χ3n) is 2.85. The van der Waals surface area contributed by atoms with Crippen LogP contribution in [0.3, 0.4) is 0 Å². The fraction of sp³-hybridized carbons (Fsp3) is 0.312. The SMILES string of the molecule is COCCNCc1ccc(Oc2ccc(C)cc2)nc1. The molecule has 0 aliphatic heterocycles. The van der Waals surface area contributed by atoms with Crippen molar-refractivity contribution in [2.24, 2.45) is 0 Å². The molecular weight excluding hydrogens is 252 g/mol. The molecule has 0 spiro atoms. The first-order valence-corrected chi connectivity index (χ1v) is 6.67. The van der Waals surface area contributed by atoms with Crippen molar-refractivity contribution in [3.05, 3.63) is 53.7 Å². The summed E-state index contributed by atoms with van der Waals surface area (Å²) in [5, 5.41) is 3.27. The van der Waals surface area contributed by atoms with Crippen LogP contribution in [0.25, 0.3) is 0 Å². The van der Waals surface area contributed by atoms with Crippen LogP contribution < -0.4 is 10.1 Å². The molecule has 4 nitrogen and oxygen atoms in total. The summed E-state index contributed by atoms with van der Waals surface area (Å²) < 4.78 is 10.7. The van der Waals surface area contributed by atoms with Crippen LogP contribution in [0.4, 0.5) is 0 Å². The minimum Gasteiger partial charge on any atom is -0.439 e. The predicted molar refractivity (Wildman–Crippen MR) is 79.1 cm³/mol. The van der Waals surface area contributed by atoms with E-state index in [1.165, 1.54) is 5.56 Å². The summed E-state index contributed by atoms with van der Waals surface area (Å²) in [5.41, 5.74) is 2.33. The van der Waals surface area contributed by atoms with Gasteiger partial charge in [0.05, 0.1) is 6.61 Å². The summed E-state index contributed by atoms with van der Waals surface area (Å²) in [5.74, 6) is 1.41. The number of nitrogens with zero attached hydrogens (tertiary/aromatic N) is 1. The number of methoxy groups -OCH3 is 1. The number of rotatable bonds is 7. The van der Waals surface area contributed by atoms with Gasteiger partial charge < -0.3 is 14.8 Å². The Balaban J connectivity index is 1.86. The quantitative estimate of drug-likeness (QED) is 0.787. The zero-order valence-electron chi connectivity index (χ0n) is 11.9. The zero-order valence-corrected chi connectivity index (χ0v) is 11.9. The average Bonchev–Trinajstić information content (AvgIpc) is 2.48. The lowest BCUT2D eigenvalue weighted by Gasteiger charge is -2.07.